The van der Waals surface area contributed by atoms with E-state index in [-0.39, 0.29) is 24.0 Å². The molecule has 1 amide bonds. The van der Waals surface area contributed by atoms with E-state index in [1.807, 2.05) is 6.92 Å². The molecule has 1 atom stereocenters. The van der Waals surface area contributed by atoms with Crippen LogP contribution in [-0.4, -0.2) is 45.5 Å². The van der Waals surface area contributed by atoms with E-state index in [4.69, 9.17) is 4.74 Å². The number of rotatable bonds is 4. The lowest BCUT2D eigenvalue weighted by Crippen LogP contribution is -2.43. The third kappa shape index (κ3) is 4.21. The van der Waals surface area contributed by atoms with Gasteiger partial charge in [-0.3, -0.25) is 14.8 Å². The summed E-state index contributed by atoms with van der Waals surface area (Å²) in [6.07, 6.45) is 2.77. The predicted molar refractivity (Wildman–Crippen MR) is 119 cm³/mol. The molecule has 1 fully saturated rings. The Bertz CT molecular complexity index is 1340. The molecule has 0 saturated carbocycles. The number of benzene rings is 2. The first kappa shape index (κ1) is 21.2. The van der Waals surface area contributed by atoms with Gasteiger partial charge in [-0.2, -0.15) is 0 Å². The Balaban J connectivity index is 1.39. The van der Waals surface area contributed by atoms with Crippen LogP contribution in [0.15, 0.2) is 54.9 Å². The number of carbonyl (C=O) groups excluding carboxylic acids is 1. The molecule has 5 rings (SSSR count). The van der Waals surface area contributed by atoms with Crippen LogP contribution in [-0.2, 0) is 16.0 Å². The Hall–Kier alpha value is -3.65. The number of ether oxygens (including phenoxy) is 1. The molecule has 2 aromatic heterocycles. The van der Waals surface area contributed by atoms with Crippen LogP contribution in [0, 0.1) is 18.6 Å². The molecule has 1 N–H and O–H groups in total. The fraction of sp³-hybridized carbons (Fsp3) is 0.240. The van der Waals surface area contributed by atoms with Crippen molar-refractivity contribution in [2.24, 2.45) is 0 Å². The molecule has 0 unspecified atom stereocenters. The Morgan fingerprint density at radius 1 is 1.15 bits per heavy atom. The average Bonchev–Trinajstić information content (AvgIpc) is 3.13. The fourth-order valence-corrected chi connectivity index (χ4v) is 4.33. The number of aromatic amines is 1. The van der Waals surface area contributed by atoms with Gasteiger partial charge < -0.3 is 14.6 Å². The summed E-state index contributed by atoms with van der Waals surface area (Å²) >= 11 is 0. The molecule has 3 heterocycles. The summed E-state index contributed by atoms with van der Waals surface area (Å²) in [4.78, 5) is 27.0. The zero-order valence-electron chi connectivity index (χ0n) is 18.0. The van der Waals surface area contributed by atoms with Crippen molar-refractivity contribution in [1.29, 1.82) is 0 Å². The van der Waals surface area contributed by atoms with E-state index in [0.29, 0.717) is 42.0 Å². The Morgan fingerprint density at radius 3 is 2.82 bits per heavy atom. The number of amides is 1. The minimum Gasteiger partial charge on any atom is -0.368 e. The summed E-state index contributed by atoms with van der Waals surface area (Å²) in [6.45, 7) is 2.97. The molecule has 168 valence electrons. The van der Waals surface area contributed by atoms with Crippen LogP contribution in [0.5, 0.6) is 0 Å². The lowest BCUT2D eigenvalue weighted by Gasteiger charge is -2.33. The maximum atomic E-state index is 13.8. The topological polar surface area (TPSA) is 71.1 Å². The van der Waals surface area contributed by atoms with Gasteiger partial charge in [0.25, 0.3) is 0 Å². The molecule has 2 aromatic carbocycles. The number of aryl methyl sites for hydroxylation is 1. The van der Waals surface area contributed by atoms with Gasteiger partial charge in [0.15, 0.2) is 0 Å². The van der Waals surface area contributed by atoms with Gasteiger partial charge in [-0.25, -0.2) is 8.78 Å². The van der Waals surface area contributed by atoms with E-state index in [1.165, 1.54) is 24.3 Å². The predicted octanol–water partition coefficient (Wildman–Crippen LogP) is 4.35. The molecular weight excluding hydrogens is 426 g/mol. The van der Waals surface area contributed by atoms with Crippen molar-refractivity contribution in [2.45, 2.75) is 19.4 Å². The van der Waals surface area contributed by atoms with Crippen molar-refractivity contribution in [3.05, 3.63) is 83.4 Å². The Morgan fingerprint density at radius 2 is 1.97 bits per heavy atom. The second-order valence-electron chi connectivity index (χ2n) is 8.09. The highest BCUT2D eigenvalue weighted by atomic mass is 19.1. The summed E-state index contributed by atoms with van der Waals surface area (Å²) in [6, 6.07) is 10.7. The van der Waals surface area contributed by atoms with Gasteiger partial charge in [0.1, 0.15) is 17.7 Å². The zero-order valence-corrected chi connectivity index (χ0v) is 18.0. The summed E-state index contributed by atoms with van der Waals surface area (Å²) in [7, 11) is 0. The molecule has 1 saturated heterocycles. The SMILES string of the molecule is Cc1[nH]c2ccc(F)cc2c1CC(=O)N1CCO[C@@H](c2nccnc2-c2cccc(F)c2)C1. The standard InChI is InChI=1S/C25H22F2N4O2/c1-15-19(20-12-18(27)5-6-21(20)30-15)13-23(32)31-9-10-33-22(14-31)25-24(28-7-8-29-25)16-3-2-4-17(26)11-16/h2-8,11-12,22,30H,9-10,13-14H2,1H3/t22-/m1/s1. The molecule has 1 aliphatic heterocycles. The maximum absolute atomic E-state index is 13.8. The number of hydrogen-bond donors (Lipinski definition) is 1. The quantitative estimate of drug-likeness (QED) is 0.504. The highest BCUT2D eigenvalue weighted by molar-refractivity contribution is 5.90. The monoisotopic (exact) mass is 448 g/mol. The summed E-state index contributed by atoms with van der Waals surface area (Å²) in [5.74, 6) is -0.780. The van der Waals surface area contributed by atoms with Crippen molar-refractivity contribution in [3.8, 4) is 11.3 Å². The fourth-order valence-electron chi connectivity index (χ4n) is 4.33. The van der Waals surface area contributed by atoms with Crippen molar-refractivity contribution in [1.82, 2.24) is 19.9 Å². The maximum Gasteiger partial charge on any atom is 0.227 e. The van der Waals surface area contributed by atoms with E-state index < -0.39 is 6.10 Å². The van der Waals surface area contributed by atoms with Gasteiger partial charge in [0, 0.05) is 41.1 Å². The van der Waals surface area contributed by atoms with E-state index in [2.05, 4.69) is 15.0 Å². The van der Waals surface area contributed by atoms with Gasteiger partial charge in [-0.1, -0.05) is 12.1 Å². The van der Waals surface area contributed by atoms with Gasteiger partial charge in [-0.05, 0) is 42.8 Å². The number of carbonyl (C=O) groups is 1. The third-order valence-corrected chi connectivity index (χ3v) is 5.96. The minimum absolute atomic E-state index is 0.0762. The van der Waals surface area contributed by atoms with E-state index in [1.54, 1.807) is 35.5 Å². The second kappa shape index (κ2) is 8.71. The van der Waals surface area contributed by atoms with Crippen LogP contribution < -0.4 is 0 Å². The van der Waals surface area contributed by atoms with Crippen LogP contribution in [0.25, 0.3) is 22.2 Å². The number of morpholine rings is 1. The molecule has 0 radical (unpaired) electrons. The van der Waals surface area contributed by atoms with Crippen molar-refractivity contribution in [3.63, 3.8) is 0 Å². The van der Waals surface area contributed by atoms with Crippen LogP contribution in [0.2, 0.25) is 0 Å². The first-order valence-electron chi connectivity index (χ1n) is 10.7. The van der Waals surface area contributed by atoms with Crippen LogP contribution in [0.1, 0.15) is 23.1 Å². The van der Waals surface area contributed by atoms with Gasteiger partial charge in [0.05, 0.1) is 31.0 Å². The lowest BCUT2D eigenvalue weighted by molar-refractivity contribution is -0.138. The molecule has 4 aromatic rings. The molecule has 1 aliphatic rings. The van der Waals surface area contributed by atoms with Gasteiger partial charge >= 0.3 is 0 Å². The number of nitrogens with one attached hydrogen (secondary N) is 1. The Labute approximate surface area is 189 Å². The van der Waals surface area contributed by atoms with Gasteiger partial charge in [0.2, 0.25) is 5.91 Å². The third-order valence-electron chi connectivity index (χ3n) is 5.96. The van der Waals surface area contributed by atoms with Crippen LogP contribution in [0.4, 0.5) is 8.78 Å². The summed E-state index contributed by atoms with van der Waals surface area (Å²) in [5, 5.41) is 0.716. The van der Waals surface area contributed by atoms with E-state index in [9.17, 15) is 13.6 Å². The summed E-state index contributed by atoms with van der Waals surface area (Å²) < 4.78 is 33.5. The molecule has 6 nitrogen and oxygen atoms in total. The minimum atomic E-state index is -0.490. The summed E-state index contributed by atoms with van der Waals surface area (Å²) in [5.41, 5.74) is 4.12. The molecule has 0 aliphatic carbocycles. The lowest BCUT2D eigenvalue weighted by atomic mass is 10.0. The smallest absolute Gasteiger partial charge is 0.227 e. The van der Waals surface area contributed by atoms with E-state index >= 15 is 0 Å². The molecular formula is C25H22F2N4O2. The molecule has 8 heteroatoms. The average molecular weight is 448 g/mol. The number of fused-ring (bicyclic) bond motifs is 1. The normalized spacial score (nSPS) is 16.3. The highest BCUT2D eigenvalue weighted by Crippen LogP contribution is 2.30. The van der Waals surface area contributed by atoms with Crippen LogP contribution >= 0.6 is 0 Å². The number of hydrogen-bond acceptors (Lipinski definition) is 4. The Kier molecular flexibility index (Phi) is 5.60. The highest BCUT2D eigenvalue weighted by Gasteiger charge is 2.29. The first-order valence-corrected chi connectivity index (χ1v) is 10.7. The number of aromatic nitrogens is 3. The number of nitrogens with zero attached hydrogens (tertiary/aromatic N) is 3. The number of halogens is 2. The van der Waals surface area contributed by atoms with Crippen LogP contribution in [0.3, 0.4) is 0 Å². The molecule has 33 heavy (non-hydrogen) atoms. The second-order valence-corrected chi connectivity index (χ2v) is 8.09. The van der Waals surface area contributed by atoms with Gasteiger partial charge in [-0.15, -0.1) is 0 Å². The molecule has 0 bridgehead atoms. The van der Waals surface area contributed by atoms with Crippen molar-refractivity contribution >= 4 is 16.8 Å². The van der Waals surface area contributed by atoms with Crippen molar-refractivity contribution < 1.29 is 18.3 Å². The molecule has 0 spiro atoms. The first-order chi connectivity index (χ1) is 16.0. The van der Waals surface area contributed by atoms with E-state index in [0.717, 1.165) is 16.8 Å². The number of H-pyrrole nitrogens is 1. The zero-order chi connectivity index (χ0) is 22.9. The van der Waals surface area contributed by atoms with Crippen molar-refractivity contribution in [2.75, 3.05) is 19.7 Å². The largest absolute Gasteiger partial charge is 0.368 e.